The molecule has 2 heteroatoms. The second-order valence-electron chi connectivity index (χ2n) is 8.51. The average Bonchev–Trinajstić information content (AvgIpc) is 2.71. The fourth-order valence-electron chi connectivity index (χ4n) is 4.77. The van der Waals surface area contributed by atoms with Crippen LogP contribution < -0.4 is 0 Å². The van der Waals surface area contributed by atoms with Crippen LogP contribution in [0.2, 0.25) is 0 Å². The lowest BCUT2D eigenvalue weighted by atomic mass is 9.64. The van der Waals surface area contributed by atoms with Gasteiger partial charge in [0, 0.05) is 0 Å². The van der Waals surface area contributed by atoms with E-state index in [-0.39, 0.29) is 0 Å². The number of halogens is 1. The summed E-state index contributed by atoms with van der Waals surface area (Å²) in [5.74, 6) is 2.43. The lowest BCUT2D eigenvalue weighted by molar-refractivity contribution is 0.0640. The van der Waals surface area contributed by atoms with Crippen molar-refractivity contribution < 1.29 is 5.11 Å². The number of allylic oxidation sites excluding steroid dienone is 2. The number of aliphatic hydroxyl groups is 1. The lowest BCUT2D eigenvalue weighted by Crippen LogP contribution is -2.32. The Labute approximate surface area is 145 Å². The minimum Gasteiger partial charge on any atom is -0.390 e. The van der Waals surface area contributed by atoms with Crippen LogP contribution in [0, 0.1) is 23.2 Å². The molecular formula is C19H33IO. The first-order valence-corrected chi connectivity index (χ1v) is 9.84. The molecule has 0 spiro atoms. The predicted octanol–water partition coefficient (Wildman–Crippen LogP) is 6.10. The molecule has 4 atom stereocenters. The second-order valence-corrected chi connectivity index (χ2v) is 9.67. The van der Waals surface area contributed by atoms with Crippen LogP contribution in [0.25, 0.3) is 0 Å². The first-order valence-electron chi connectivity index (χ1n) is 8.76. The van der Waals surface area contributed by atoms with E-state index in [4.69, 9.17) is 0 Å². The van der Waals surface area contributed by atoms with Crippen molar-refractivity contribution >= 4 is 22.6 Å². The number of hydrogen-bond donors (Lipinski definition) is 1. The fourth-order valence-corrected chi connectivity index (χ4v) is 5.96. The topological polar surface area (TPSA) is 20.2 Å². The van der Waals surface area contributed by atoms with Crippen molar-refractivity contribution in [2.24, 2.45) is 23.2 Å². The van der Waals surface area contributed by atoms with E-state index < -0.39 is 5.60 Å². The Morgan fingerprint density at radius 2 is 2.05 bits per heavy atom. The second kappa shape index (κ2) is 6.51. The van der Waals surface area contributed by atoms with Gasteiger partial charge in [-0.1, -0.05) is 39.2 Å². The minimum atomic E-state index is -0.500. The van der Waals surface area contributed by atoms with Crippen molar-refractivity contribution in [3.8, 4) is 0 Å². The molecule has 21 heavy (non-hydrogen) atoms. The molecule has 0 amide bonds. The first-order chi connectivity index (χ1) is 9.65. The first kappa shape index (κ1) is 17.8. The van der Waals surface area contributed by atoms with Crippen LogP contribution in [0.4, 0.5) is 0 Å². The molecule has 2 rings (SSSR count). The fraction of sp³-hybridized carbons (Fsp3) is 0.895. The van der Waals surface area contributed by atoms with Gasteiger partial charge < -0.3 is 5.11 Å². The molecule has 1 saturated carbocycles. The smallest absolute Gasteiger partial charge is 0.0591 e. The van der Waals surface area contributed by atoms with Crippen LogP contribution >= 0.6 is 22.6 Å². The largest absolute Gasteiger partial charge is 0.390 e. The highest BCUT2D eigenvalue weighted by Gasteiger charge is 2.47. The Bertz CT molecular complexity index is 406. The molecule has 2 aliphatic carbocycles. The molecule has 0 radical (unpaired) electrons. The Hall–Kier alpha value is 0.430. The summed E-state index contributed by atoms with van der Waals surface area (Å²) >= 11 is 2.63. The van der Waals surface area contributed by atoms with Gasteiger partial charge in [-0.15, -0.1) is 0 Å². The van der Waals surface area contributed by atoms with Crippen LogP contribution in [0.1, 0.15) is 79.6 Å². The van der Waals surface area contributed by atoms with Gasteiger partial charge in [-0.3, -0.25) is 0 Å². The SMILES string of the molecule is C[C@@H]1CC[C@@]2(C)C(=C1I)CC[C@@H]2[C@H](C)CCCC(C)(C)O. The summed E-state index contributed by atoms with van der Waals surface area (Å²) < 4.78 is 1.67. The molecule has 0 heterocycles. The summed E-state index contributed by atoms with van der Waals surface area (Å²) in [4.78, 5) is 0. The zero-order chi connectivity index (χ0) is 15.8. The van der Waals surface area contributed by atoms with Gasteiger partial charge in [0.05, 0.1) is 5.60 Å². The van der Waals surface area contributed by atoms with E-state index in [0.717, 1.165) is 30.6 Å². The molecule has 0 bridgehead atoms. The van der Waals surface area contributed by atoms with Crippen LogP contribution in [-0.4, -0.2) is 10.7 Å². The summed E-state index contributed by atoms with van der Waals surface area (Å²) in [7, 11) is 0. The number of hydrogen-bond acceptors (Lipinski definition) is 1. The molecule has 1 nitrogen and oxygen atoms in total. The molecule has 0 aromatic rings. The van der Waals surface area contributed by atoms with Gasteiger partial charge in [0.25, 0.3) is 0 Å². The van der Waals surface area contributed by atoms with E-state index in [1.54, 1.807) is 9.15 Å². The van der Waals surface area contributed by atoms with Crippen LogP contribution in [0.3, 0.4) is 0 Å². The van der Waals surface area contributed by atoms with E-state index >= 15 is 0 Å². The van der Waals surface area contributed by atoms with Crippen LogP contribution in [0.15, 0.2) is 9.15 Å². The highest BCUT2D eigenvalue weighted by atomic mass is 127. The third-order valence-corrected chi connectivity index (χ3v) is 7.88. The highest BCUT2D eigenvalue weighted by molar-refractivity contribution is 14.1. The highest BCUT2D eigenvalue weighted by Crippen LogP contribution is 2.59. The van der Waals surface area contributed by atoms with E-state index in [0.29, 0.717) is 5.41 Å². The molecule has 2 aliphatic rings. The molecular weight excluding hydrogens is 371 g/mol. The zero-order valence-corrected chi connectivity index (χ0v) is 16.7. The summed E-state index contributed by atoms with van der Waals surface area (Å²) in [6.45, 7) is 11.3. The zero-order valence-electron chi connectivity index (χ0n) is 14.5. The van der Waals surface area contributed by atoms with Crippen molar-refractivity contribution in [3.63, 3.8) is 0 Å². The van der Waals surface area contributed by atoms with E-state index in [1.807, 2.05) is 13.8 Å². The van der Waals surface area contributed by atoms with Crippen LogP contribution in [0.5, 0.6) is 0 Å². The standard InChI is InChI=1S/C19H33IO/c1-13(7-6-11-18(3,4)21)15-8-9-16-17(20)14(2)10-12-19(15,16)5/h13-15,21H,6-12H2,1-5H3/t13-,14-,15-,19-/m1/s1. The summed E-state index contributed by atoms with van der Waals surface area (Å²) in [5, 5.41) is 9.89. The van der Waals surface area contributed by atoms with Crippen molar-refractivity contribution in [2.75, 3.05) is 0 Å². The summed E-state index contributed by atoms with van der Waals surface area (Å²) in [5.41, 5.74) is 1.76. The van der Waals surface area contributed by atoms with Crippen LogP contribution in [-0.2, 0) is 0 Å². The van der Waals surface area contributed by atoms with Gasteiger partial charge in [0.15, 0.2) is 0 Å². The normalized spacial score (nSPS) is 35.0. The lowest BCUT2D eigenvalue weighted by Gasteiger charge is -2.41. The van der Waals surface area contributed by atoms with Crippen molar-refractivity contribution in [1.82, 2.24) is 0 Å². The van der Waals surface area contributed by atoms with Gasteiger partial charge in [0.1, 0.15) is 0 Å². The Morgan fingerprint density at radius 3 is 2.67 bits per heavy atom. The number of rotatable bonds is 5. The Morgan fingerprint density at radius 1 is 1.38 bits per heavy atom. The molecule has 0 aliphatic heterocycles. The van der Waals surface area contributed by atoms with Gasteiger partial charge >= 0.3 is 0 Å². The minimum absolute atomic E-state index is 0.469. The van der Waals surface area contributed by atoms with Crippen molar-refractivity contribution in [2.45, 2.75) is 85.2 Å². The molecule has 0 saturated heterocycles. The van der Waals surface area contributed by atoms with Gasteiger partial charge in [-0.05, 0) is 95.3 Å². The van der Waals surface area contributed by atoms with Gasteiger partial charge in [0.2, 0.25) is 0 Å². The predicted molar refractivity (Wildman–Crippen MR) is 99.6 cm³/mol. The molecule has 0 unspecified atom stereocenters. The molecule has 1 fully saturated rings. The molecule has 0 aromatic heterocycles. The van der Waals surface area contributed by atoms with Crippen molar-refractivity contribution in [1.29, 1.82) is 0 Å². The summed E-state index contributed by atoms with van der Waals surface area (Å²) in [6.07, 6.45) is 8.82. The van der Waals surface area contributed by atoms with Gasteiger partial charge in [-0.25, -0.2) is 0 Å². The molecule has 122 valence electrons. The Kier molecular flexibility index (Phi) is 5.51. The van der Waals surface area contributed by atoms with E-state index in [1.165, 1.54) is 32.1 Å². The third kappa shape index (κ3) is 3.85. The van der Waals surface area contributed by atoms with E-state index in [9.17, 15) is 5.11 Å². The third-order valence-electron chi connectivity index (χ3n) is 6.17. The maximum atomic E-state index is 9.89. The Balaban J connectivity index is 2.02. The number of fused-ring (bicyclic) bond motifs is 1. The molecule has 1 N–H and O–H groups in total. The quantitative estimate of drug-likeness (QED) is 0.549. The maximum Gasteiger partial charge on any atom is 0.0591 e. The summed E-state index contributed by atoms with van der Waals surface area (Å²) in [6, 6.07) is 0. The van der Waals surface area contributed by atoms with Gasteiger partial charge in [-0.2, -0.15) is 0 Å². The van der Waals surface area contributed by atoms with E-state index in [2.05, 4.69) is 43.4 Å². The average molecular weight is 404 g/mol. The van der Waals surface area contributed by atoms with Crippen molar-refractivity contribution in [3.05, 3.63) is 9.15 Å². The monoisotopic (exact) mass is 404 g/mol. The maximum absolute atomic E-state index is 9.89. The molecule has 0 aromatic carbocycles.